The average molecular weight is 593 g/mol. The summed E-state index contributed by atoms with van der Waals surface area (Å²) in [6.07, 6.45) is 4.60. The van der Waals surface area contributed by atoms with E-state index in [2.05, 4.69) is 15.9 Å². The highest BCUT2D eigenvalue weighted by atomic mass is 79.9. The van der Waals surface area contributed by atoms with Gasteiger partial charge < -0.3 is 5.11 Å². The van der Waals surface area contributed by atoms with Gasteiger partial charge in [0.15, 0.2) is 11.6 Å². The molecule has 2 aromatic carbocycles. The van der Waals surface area contributed by atoms with Crippen molar-refractivity contribution >= 4 is 56.6 Å². The van der Waals surface area contributed by atoms with Crippen LogP contribution in [0.3, 0.4) is 0 Å². The lowest BCUT2D eigenvalue weighted by Gasteiger charge is -2.42. The zero-order valence-electron chi connectivity index (χ0n) is 20.4. The van der Waals surface area contributed by atoms with E-state index in [0.29, 0.717) is 28.8 Å². The number of benzene rings is 2. The van der Waals surface area contributed by atoms with Gasteiger partial charge in [-0.25, -0.2) is 0 Å². The van der Waals surface area contributed by atoms with Crippen molar-refractivity contribution in [2.24, 2.45) is 17.8 Å². The van der Waals surface area contributed by atoms with Gasteiger partial charge in [-0.15, -0.1) is 0 Å². The predicted molar refractivity (Wildman–Crippen MR) is 146 cm³/mol. The van der Waals surface area contributed by atoms with Gasteiger partial charge in [0.25, 0.3) is 0 Å². The summed E-state index contributed by atoms with van der Waals surface area (Å²) in [4.78, 5) is 55.3. The summed E-state index contributed by atoms with van der Waals surface area (Å²) in [5.41, 5.74) is 3.71. The summed E-state index contributed by atoms with van der Waals surface area (Å²) in [6, 6.07) is 12.0. The number of nitrogens with zero attached hydrogens (tertiary/aromatic N) is 1. The minimum atomic E-state index is -0.660. The highest BCUT2D eigenvalue weighted by molar-refractivity contribution is 9.12. The molecule has 2 amide bonds. The lowest BCUT2D eigenvalue weighted by Crippen LogP contribution is -2.39. The third-order valence-electron chi connectivity index (χ3n) is 8.23. The van der Waals surface area contributed by atoms with Crippen LogP contribution < -0.4 is 4.90 Å². The first-order valence-corrected chi connectivity index (χ1v) is 13.7. The minimum absolute atomic E-state index is 0.0204. The molecule has 2 aromatic rings. The number of Topliss-reactive ketones (excluding diaryl/α,β-unsaturated/α-hetero) is 1. The second-order valence-electron chi connectivity index (χ2n) is 10.1. The number of aryl methyl sites for hydroxylation is 1. The number of ketones is 2. The van der Waals surface area contributed by atoms with Gasteiger partial charge >= 0.3 is 0 Å². The second kappa shape index (κ2) is 9.17. The average Bonchev–Trinajstić information content (AvgIpc) is 3.16. The van der Waals surface area contributed by atoms with Crippen molar-refractivity contribution in [1.82, 2.24) is 0 Å². The van der Waals surface area contributed by atoms with Crippen LogP contribution >= 0.6 is 27.5 Å². The van der Waals surface area contributed by atoms with Crippen molar-refractivity contribution in [3.8, 4) is 5.75 Å². The molecule has 8 heteroatoms. The van der Waals surface area contributed by atoms with Gasteiger partial charge in [0.2, 0.25) is 11.8 Å². The fraction of sp³-hybridized carbons (Fsp3) is 0.267. The number of hydrogen-bond donors (Lipinski definition) is 1. The molecule has 3 aliphatic carbocycles. The molecule has 0 spiro atoms. The third-order valence-corrected chi connectivity index (χ3v) is 9.15. The number of imide groups is 1. The molecule has 4 aliphatic rings. The van der Waals surface area contributed by atoms with Crippen molar-refractivity contribution in [1.29, 1.82) is 0 Å². The lowest BCUT2D eigenvalue weighted by atomic mass is 9.59. The number of rotatable bonds is 3. The number of fused-ring (bicyclic) bond motifs is 3. The van der Waals surface area contributed by atoms with Crippen molar-refractivity contribution in [2.75, 3.05) is 4.90 Å². The number of carbonyl (C=O) groups excluding carboxylic acids is 4. The first kappa shape index (κ1) is 25.0. The number of phenols is 1. The Kier molecular flexibility index (Phi) is 6.04. The van der Waals surface area contributed by atoms with Crippen LogP contribution in [0, 0.1) is 17.8 Å². The van der Waals surface area contributed by atoms with E-state index in [9.17, 15) is 24.3 Å². The first-order valence-electron chi connectivity index (χ1n) is 12.6. The molecule has 6 nitrogen and oxygen atoms in total. The quantitative estimate of drug-likeness (QED) is 0.286. The van der Waals surface area contributed by atoms with Gasteiger partial charge in [0, 0.05) is 28.2 Å². The number of hydrogen-bond acceptors (Lipinski definition) is 5. The number of halogens is 2. The van der Waals surface area contributed by atoms with Crippen LogP contribution in [0.4, 0.5) is 5.69 Å². The first-order chi connectivity index (χ1) is 18.2. The number of phenolic OH excluding ortho intramolecular Hbond substituents is 1. The standard InChI is InChI=1S/C30H23BrClNO5/c1-2-14-3-5-15(6-4-14)33-29(37)19-10-9-17-20(26(19)30(33)38)12-21-27(24(35)13-22(31)28(21)36)25(17)18-8-7-16(34)11-23(18)32/h3-9,11,13,19-20,25-26,34H,2,10,12H2,1H3. The van der Waals surface area contributed by atoms with E-state index in [1.807, 2.05) is 25.1 Å². The van der Waals surface area contributed by atoms with E-state index >= 15 is 0 Å². The maximum Gasteiger partial charge on any atom is 0.238 e. The maximum absolute atomic E-state index is 13.9. The number of anilines is 1. The van der Waals surface area contributed by atoms with Crippen LogP contribution in [0.1, 0.15) is 36.8 Å². The van der Waals surface area contributed by atoms with Gasteiger partial charge in [0.05, 0.1) is 22.0 Å². The summed E-state index contributed by atoms with van der Waals surface area (Å²) in [6.45, 7) is 2.04. The van der Waals surface area contributed by atoms with Gasteiger partial charge in [-0.2, -0.15) is 0 Å². The number of allylic oxidation sites excluding steroid dienone is 6. The lowest BCUT2D eigenvalue weighted by molar-refractivity contribution is -0.123. The molecular formula is C30H23BrClNO5. The Labute approximate surface area is 232 Å². The Balaban J connectivity index is 1.48. The largest absolute Gasteiger partial charge is 0.508 e. The zero-order valence-corrected chi connectivity index (χ0v) is 22.8. The Morgan fingerprint density at radius 2 is 1.76 bits per heavy atom. The van der Waals surface area contributed by atoms with Crippen LogP contribution in [0.25, 0.3) is 0 Å². The highest BCUT2D eigenvalue weighted by Crippen LogP contribution is 2.56. The van der Waals surface area contributed by atoms with Crippen LogP contribution in [-0.4, -0.2) is 28.5 Å². The molecule has 4 atom stereocenters. The Bertz CT molecular complexity index is 1540. The number of aromatic hydroxyl groups is 1. The van der Waals surface area contributed by atoms with Crippen molar-refractivity contribution in [3.05, 3.63) is 92.0 Å². The molecule has 1 saturated heterocycles. The molecule has 4 unspecified atom stereocenters. The van der Waals surface area contributed by atoms with E-state index in [0.717, 1.165) is 17.6 Å². The van der Waals surface area contributed by atoms with E-state index in [1.165, 1.54) is 23.1 Å². The molecule has 1 heterocycles. The molecule has 1 aliphatic heterocycles. The fourth-order valence-corrected chi connectivity index (χ4v) is 7.18. The summed E-state index contributed by atoms with van der Waals surface area (Å²) in [7, 11) is 0. The Morgan fingerprint density at radius 1 is 1.03 bits per heavy atom. The Morgan fingerprint density at radius 3 is 2.45 bits per heavy atom. The van der Waals surface area contributed by atoms with Crippen LogP contribution in [0.5, 0.6) is 5.75 Å². The molecule has 0 aromatic heterocycles. The summed E-state index contributed by atoms with van der Waals surface area (Å²) >= 11 is 9.80. The van der Waals surface area contributed by atoms with E-state index in [-0.39, 0.29) is 45.1 Å². The van der Waals surface area contributed by atoms with Crippen LogP contribution in [0.2, 0.25) is 5.02 Å². The molecule has 0 saturated carbocycles. The predicted octanol–water partition coefficient (Wildman–Crippen LogP) is 5.57. The molecule has 0 radical (unpaired) electrons. The summed E-state index contributed by atoms with van der Waals surface area (Å²) in [5.74, 6) is -3.47. The maximum atomic E-state index is 13.9. The normalized spacial score (nSPS) is 26.7. The number of amides is 2. The summed E-state index contributed by atoms with van der Waals surface area (Å²) in [5, 5.41) is 10.2. The SMILES string of the molecule is CCc1ccc(N2C(=O)C3CC=C4C(c5ccc(O)cc5Cl)C5=C(CC4C3C2=O)C(=O)C(Br)=CC5=O)cc1. The van der Waals surface area contributed by atoms with E-state index in [4.69, 9.17) is 11.6 Å². The van der Waals surface area contributed by atoms with Gasteiger partial charge in [-0.1, -0.05) is 48.4 Å². The van der Waals surface area contributed by atoms with Gasteiger partial charge in [0.1, 0.15) is 5.75 Å². The molecule has 192 valence electrons. The molecule has 0 bridgehead atoms. The smallest absolute Gasteiger partial charge is 0.238 e. The zero-order chi connectivity index (χ0) is 26.9. The molecule has 38 heavy (non-hydrogen) atoms. The molecule has 6 rings (SSSR count). The van der Waals surface area contributed by atoms with Crippen molar-refractivity contribution in [3.63, 3.8) is 0 Å². The van der Waals surface area contributed by atoms with Crippen molar-refractivity contribution < 1.29 is 24.3 Å². The fourth-order valence-electron chi connectivity index (χ4n) is 6.45. The number of carbonyl (C=O) groups is 4. The second-order valence-corrected chi connectivity index (χ2v) is 11.4. The van der Waals surface area contributed by atoms with E-state index in [1.54, 1.807) is 18.2 Å². The van der Waals surface area contributed by atoms with Gasteiger partial charge in [-0.3, -0.25) is 24.1 Å². The Hall–Kier alpha value is -3.29. The molecular weight excluding hydrogens is 570 g/mol. The topological polar surface area (TPSA) is 91.8 Å². The van der Waals surface area contributed by atoms with Crippen LogP contribution in [0.15, 0.2) is 75.8 Å². The van der Waals surface area contributed by atoms with Crippen LogP contribution in [-0.2, 0) is 25.6 Å². The van der Waals surface area contributed by atoms with Crippen molar-refractivity contribution in [2.45, 2.75) is 32.1 Å². The monoisotopic (exact) mass is 591 g/mol. The molecule has 1 fully saturated rings. The van der Waals surface area contributed by atoms with Gasteiger partial charge in [-0.05, 0) is 76.5 Å². The van der Waals surface area contributed by atoms with E-state index < -0.39 is 23.7 Å². The molecule has 1 N–H and O–H groups in total. The minimum Gasteiger partial charge on any atom is -0.508 e. The summed E-state index contributed by atoms with van der Waals surface area (Å²) < 4.78 is 0.169. The highest BCUT2D eigenvalue weighted by Gasteiger charge is 2.56. The third kappa shape index (κ3) is 3.67.